The van der Waals surface area contributed by atoms with Gasteiger partial charge < -0.3 is 19.3 Å². The minimum Gasteiger partial charge on any atom is -0.454 e. The third-order valence-electron chi connectivity index (χ3n) is 3.60. The molecule has 1 aliphatic rings. The van der Waals surface area contributed by atoms with Gasteiger partial charge in [-0.1, -0.05) is 11.2 Å². The molecular weight excluding hydrogens is 328 g/mol. The molecule has 0 aliphatic carbocycles. The molecule has 0 saturated carbocycles. The summed E-state index contributed by atoms with van der Waals surface area (Å²) in [5, 5.41) is 8.80. The molecule has 122 valence electrons. The van der Waals surface area contributed by atoms with Gasteiger partial charge in [0.25, 0.3) is 0 Å². The van der Waals surface area contributed by atoms with E-state index in [1.807, 2.05) is 41.8 Å². The van der Waals surface area contributed by atoms with E-state index in [0.717, 1.165) is 16.2 Å². The molecule has 0 spiro atoms. The van der Waals surface area contributed by atoms with Gasteiger partial charge in [-0.15, -0.1) is 11.3 Å². The van der Waals surface area contributed by atoms with Gasteiger partial charge in [-0.25, -0.2) is 0 Å². The molecule has 3 aromatic rings. The van der Waals surface area contributed by atoms with Gasteiger partial charge in [0, 0.05) is 16.5 Å². The van der Waals surface area contributed by atoms with E-state index in [1.54, 1.807) is 11.3 Å². The third-order valence-corrected chi connectivity index (χ3v) is 4.47. The lowest BCUT2D eigenvalue weighted by molar-refractivity contribution is -0.120. The number of nitrogens with one attached hydrogen (secondary N) is 1. The number of hydrogen-bond acceptors (Lipinski definition) is 6. The highest BCUT2D eigenvalue weighted by Gasteiger charge is 2.16. The zero-order valence-corrected chi connectivity index (χ0v) is 13.5. The monoisotopic (exact) mass is 342 g/mol. The number of carbonyl (C=O) groups is 1. The van der Waals surface area contributed by atoms with Gasteiger partial charge in [-0.05, 0) is 29.6 Å². The largest absolute Gasteiger partial charge is 0.454 e. The molecule has 24 heavy (non-hydrogen) atoms. The van der Waals surface area contributed by atoms with Crippen molar-refractivity contribution in [3.8, 4) is 22.8 Å². The van der Waals surface area contributed by atoms with Crippen LogP contribution in [0.15, 0.2) is 46.3 Å². The first-order valence-corrected chi connectivity index (χ1v) is 8.30. The third kappa shape index (κ3) is 3.11. The lowest BCUT2D eigenvalue weighted by Gasteiger charge is -2.00. The summed E-state index contributed by atoms with van der Waals surface area (Å²) in [6, 6.07) is 11.3. The van der Waals surface area contributed by atoms with Crippen molar-refractivity contribution in [1.82, 2.24) is 10.5 Å². The molecule has 1 aromatic carbocycles. The topological polar surface area (TPSA) is 73.6 Å². The van der Waals surface area contributed by atoms with E-state index < -0.39 is 0 Å². The number of rotatable bonds is 5. The maximum Gasteiger partial charge on any atom is 0.231 e. The first kappa shape index (κ1) is 14.8. The Morgan fingerprint density at radius 3 is 3.00 bits per heavy atom. The Morgan fingerprint density at radius 2 is 2.12 bits per heavy atom. The predicted octanol–water partition coefficient (Wildman–Crippen LogP) is 2.99. The van der Waals surface area contributed by atoms with Crippen LogP contribution in [0.4, 0.5) is 0 Å². The van der Waals surface area contributed by atoms with E-state index in [-0.39, 0.29) is 12.7 Å². The molecule has 3 heterocycles. The van der Waals surface area contributed by atoms with Crippen molar-refractivity contribution in [2.45, 2.75) is 13.0 Å². The summed E-state index contributed by atoms with van der Waals surface area (Å²) < 4.78 is 16.0. The predicted molar refractivity (Wildman–Crippen MR) is 87.9 cm³/mol. The number of aromatic nitrogens is 1. The first-order chi connectivity index (χ1) is 11.8. The van der Waals surface area contributed by atoms with Crippen LogP contribution in [0.3, 0.4) is 0 Å². The van der Waals surface area contributed by atoms with Crippen LogP contribution in [0, 0.1) is 0 Å². The second kappa shape index (κ2) is 6.37. The molecule has 1 N–H and O–H groups in total. The van der Waals surface area contributed by atoms with Crippen molar-refractivity contribution in [2.75, 3.05) is 6.79 Å². The minimum atomic E-state index is -0.0370. The van der Waals surface area contributed by atoms with Gasteiger partial charge in [0.05, 0.1) is 13.0 Å². The number of fused-ring (bicyclic) bond motifs is 1. The molecule has 0 atom stereocenters. The fourth-order valence-corrected chi connectivity index (χ4v) is 3.11. The number of amides is 1. The molecule has 4 rings (SSSR count). The van der Waals surface area contributed by atoms with Crippen LogP contribution in [-0.4, -0.2) is 17.9 Å². The molecule has 0 unspecified atom stereocenters. The van der Waals surface area contributed by atoms with Crippen molar-refractivity contribution in [3.05, 3.63) is 52.3 Å². The second-order valence-corrected chi connectivity index (χ2v) is 6.32. The zero-order valence-electron chi connectivity index (χ0n) is 12.7. The number of nitrogens with zero attached hydrogens (tertiary/aromatic N) is 1. The average molecular weight is 342 g/mol. The van der Waals surface area contributed by atoms with Crippen LogP contribution in [0.2, 0.25) is 0 Å². The van der Waals surface area contributed by atoms with E-state index in [0.29, 0.717) is 30.2 Å². The van der Waals surface area contributed by atoms with Crippen LogP contribution < -0.4 is 14.8 Å². The van der Waals surface area contributed by atoms with Gasteiger partial charge in [0.2, 0.25) is 12.7 Å². The number of benzene rings is 1. The van der Waals surface area contributed by atoms with E-state index in [4.69, 9.17) is 14.0 Å². The van der Waals surface area contributed by atoms with E-state index in [1.165, 1.54) is 0 Å². The van der Waals surface area contributed by atoms with Crippen molar-refractivity contribution >= 4 is 17.2 Å². The Labute approximate surface area is 142 Å². The lowest BCUT2D eigenvalue weighted by Crippen LogP contribution is -2.24. The van der Waals surface area contributed by atoms with E-state index in [2.05, 4.69) is 10.5 Å². The Morgan fingerprint density at radius 1 is 1.21 bits per heavy atom. The summed E-state index contributed by atoms with van der Waals surface area (Å²) in [7, 11) is 0. The molecule has 1 amide bonds. The molecule has 7 heteroatoms. The number of ether oxygens (including phenoxy) is 2. The summed E-state index contributed by atoms with van der Waals surface area (Å²) in [4.78, 5) is 12.9. The van der Waals surface area contributed by atoms with Gasteiger partial charge in [0.15, 0.2) is 17.3 Å². The standard InChI is InChI=1S/C17H14N2O4S/c20-17(8-13-2-1-5-24-13)18-9-12-7-15(23-19-12)11-3-4-14-16(6-11)22-10-21-14/h1-7H,8-10H2,(H,18,20). The SMILES string of the molecule is O=C(Cc1cccs1)NCc1cc(-c2ccc3c(c2)OCO3)on1. The fourth-order valence-electron chi connectivity index (χ4n) is 2.40. The Balaban J connectivity index is 1.39. The quantitative estimate of drug-likeness (QED) is 0.772. The zero-order chi connectivity index (χ0) is 16.4. The molecule has 0 saturated heterocycles. The van der Waals surface area contributed by atoms with Gasteiger partial charge >= 0.3 is 0 Å². The maximum atomic E-state index is 11.9. The van der Waals surface area contributed by atoms with Crippen LogP contribution in [0.5, 0.6) is 11.5 Å². The van der Waals surface area contributed by atoms with Crippen LogP contribution in [-0.2, 0) is 17.8 Å². The van der Waals surface area contributed by atoms with E-state index >= 15 is 0 Å². The summed E-state index contributed by atoms with van der Waals surface area (Å²) in [6.07, 6.45) is 0.380. The number of hydrogen-bond donors (Lipinski definition) is 1. The molecular formula is C17H14N2O4S. The van der Waals surface area contributed by atoms with Crippen LogP contribution >= 0.6 is 11.3 Å². The molecule has 0 fully saturated rings. The first-order valence-electron chi connectivity index (χ1n) is 7.42. The van der Waals surface area contributed by atoms with Gasteiger partial charge in [0.1, 0.15) is 5.69 Å². The van der Waals surface area contributed by atoms with Crippen molar-refractivity contribution in [2.24, 2.45) is 0 Å². The second-order valence-electron chi connectivity index (χ2n) is 5.28. The highest BCUT2D eigenvalue weighted by atomic mass is 32.1. The molecule has 0 radical (unpaired) electrons. The van der Waals surface area contributed by atoms with Crippen molar-refractivity contribution < 1.29 is 18.8 Å². The summed E-state index contributed by atoms with van der Waals surface area (Å²) in [6.45, 7) is 0.564. The number of thiophene rings is 1. The van der Waals surface area contributed by atoms with Crippen LogP contribution in [0.1, 0.15) is 10.6 Å². The van der Waals surface area contributed by atoms with Crippen molar-refractivity contribution in [3.63, 3.8) is 0 Å². The lowest BCUT2D eigenvalue weighted by atomic mass is 10.1. The summed E-state index contributed by atoms with van der Waals surface area (Å²) in [5.74, 6) is 2.00. The van der Waals surface area contributed by atoms with Gasteiger partial charge in [-0.2, -0.15) is 0 Å². The fraction of sp³-hybridized carbons (Fsp3) is 0.176. The smallest absolute Gasteiger partial charge is 0.231 e. The van der Waals surface area contributed by atoms with Crippen molar-refractivity contribution in [1.29, 1.82) is 0 Å². The van der Waals surface area contributed by atoms with E-state index in [9.17, 15) is 4.79 Å². The van der Waals surface area contributed by atoms with Gasteiger partial charge in [-0.3, -0.25) is 4.79 Å². The molecule has 0 bridgehead atoms. The molecule has 2 aromatic heterocycles. The highest BCUT2D eigenvalue weighted by Crippen LogP contribution is 2.35. The normalized spacial score (nSPS) is 12.3. The Hall–Kier alpha value is -2.80. The summed E-state index contributed by atoms with van der Waals surface area (Å²) >= 11 is 1.57. The maximum absolute atomic E-state index is 11.9. The Bertz CT molecular complexity index is 857. The molecule has 1 aliphatic heterocycles. The molecule has 6 nitrogen and oxygen atoms in total. The minimum absolute atomic E-state index is 0.0370. The van der Waals surface area contributed by atoms with Crippen LogP contribution in [0.25, 0.3) is 11.3 Å². The highest BCUT2D eigenvalue weighted by molar-refractivity contribution is 7.10. The Kier molecular flexibility index (Phi) is 3.92. The summed E-state index contributed by atoms with van der Waals surface area (Å²) in [5.41, 5.74) is 1.52. The average Bonchev–Trinajstić information content (AvgIpc) is 3.33. The number of carbonyl (C=O) groups excluding carboxylic acids is 1.